The maximum atomic E-state index is 14.4. The molecular formula is C60H92N6O30PS2+. The summed E-state index contributed by atoms with van der Waals surface area (Å²) in [5, 5.41) is 93.9. The van der Waals surface area contributed by atoms with Crippen LogP contribution in [0.5, 0.6) is 0 Å². The highest BCUT2D eigenvalue weighted by Gasteiger charge is 2.58. The molecular weight excluding hydrogens is 1380 g/mol. The molecule has 39 heteroatoms. The number of carbonyl (C=O) groups is 8. The summed E-state index contributed by atoms with van der Waals surface area (Å²) in [5.41, 5.74) is 2.89. The molecule has 0 aliphatic carbocycles. The van der Waals surface area contributed by atoms with Crippen molar-refractivity contribution < 1.29 is 150 Å². The highest BCUT2D eigenvalue weighted by Crippen LogP contribution is 2.44. The van der Waals surface area contributed by atoms with Crippen LogP contribution in [0, 0.1) is 6.57 Å². The highest BCUT2D eigenvalue weighted by molar-refractivity contribution is 8.25. The third kappa shape index (κ3) is 23.9. The van der Waals surface area contributed by atoms with Gasteiger partial charge in [0.2, 0.25) is 29.8 Å². The van der Waals surface area contributed by atoms with Gasteiger partial charge in [-0.1, -0.05) is 54.3 Å². The molecule has 1 aromatic rings. The zero-order valence-corrected chi connectivity index (χ0v) is 58.5. The molecule has 0 saturated carbocycles. The molecule has 0 radical (unpaired) electrons. The van der Waals surface area contributed by atoms with Crippen LogP contribution in [0.3, 0.4) is 0 Å². The Labute approximate surface area is 580 Å². The molecule has 11 unspecified atom stereocenters. The largest absolute Gasteiger partial charge is 0.472 e. The number of hydrogen-bond donors (Lipinski definition) is 13. The number of aliphatic hydroxyl groups is 8. The van der Waals surface area contributed by atoms with E-state index >= 15 is 0 Å². The van der Waals surface area contributed by atoms with Gasteiger partial charge in [0, 0.05) is 53.6 Å². The van der Waals surface area contributed by atoms with Crippen molar-refractivity contribution in [3.05, 3.63) is 47.3 Å². The molecule has 558 valence electrons. The SMILES string of the molecule is [C-]#[N+]C(C)(CC(C)(SC(=S)c1ccccc1)C(=O)OCCOP(=O)(O)OCC[N+](C)(C)C)C(=O)CCC(=O)CCCCC(=O)NNC(=O)C1O[C@H](OC2[C@@H](O)C(CO)O[C@H](C)[C@@H]2NC(C)=O)[C@H](O)C(O)[C@H]1O[C@@H]1OC(CO)[C@@H](O)[C@H](O[C@@H]2OC(OC=O)[C@@H](O)[C@H](OC)C2O)C1NC(C)=O. The van der Waals surface area contributed by atoms with Crippen LogP contribution in [-0.2, 0) is 99.3 Å². The zero-order chi connectivity index (χ0) is 73.9. The lowest BCUT2D eigenvalue weighted by atomic mass is 9.84. The number of ether oxygens (including phenoxy) is 10. The van der Waals surface area contributed by atoms with Crippen molar-refractivity contribution in [1.29, 1.82) is 0 Å². The number of methoxy groups -OCH3 is 1. The first kappa shape index (κ1) is 84.4. The summed E-state index contributed by atoms with van der Waals surface area (Å²) in [7, 11) is 2.10. The van der Waals surface area contributed by atoms with Crippen molar-refractivity contribution in [3.63, 3.8) is 0 Å². The van der Waals surface area contributed by atoms with Gasteiger partial charge in [-0.15, -0.1) is 0 Å². The number of amides is 4. The number of aliphatic hydroxyl groups excluding tert-OH is 8. The minimum Gasteiger partial charge on any atom is -0.462 e. The lowest BCUT2D eigenvalue weighted by Gasteiger charge is -2.50. The third-order valence-electron chi connectivity index (χ3n) is 16.3. The van der Waals surface area contributed by atoms with Gasteiger partial charge in [0.25, 0.3) is 17.9 Å². The number of hydrogen-bond acceptors (Lipinski definition) is 31. The number of thioether (sulfide) groups is 1. The zero-order valence-electron chi connectivity index (χ0n) is 56.0. The average molecular weight is 1470 g/mol. The Morgan fingerprint density at radius 2 is 1.27 bits per heavy atom. The van der Waals surface area contributed by atoms with Crippen LogP contribution in [0.1, 0.15) is 85.1 Å². The molecule has 23 atom stereocenters. The maximum absolute atomic E-state index is 14.4. The van der Waals surface area contributed by atoms with Gasteiger partial charge in [0.15, 0.2) is 25.0 Å². The normalized spacial score (nSPS) is 32.0. The summed E-state index contributed by atoms with van der Waals surface area (Å²) in [5.74, 6) is -5.83. The first-order valence-electron chi connectivity index (χ1n) is 31.4. The number of carbonyl (C=O) groups excluding carboxylic acids is 8. The Bertz CT molecular complexity index is 2990. The molecule has 5 rings (SSSR count). The Kier molecular flexibility index (Phi) is 32.7. The van der Waals surface area contributed by atoms with E-state index in [0.29, 0.717) is 16.6 Å². The number of rotatable bonds is 36. The number of esters is 1. The van der Waals surface area contributed by atoms with E-state index in [0.717, 1.165) is 32.7 Å². The van der Waals surface area contributed by atoms with Gasteiger partial charge in [0.05, 0.1) is 63.7 Å². The molecule has 4 saturated heterocycles. The monoisotopic (exact) mass is 1470 g/mol. The van der Waals surface area contributed by atoms with Crippen molar-refractivity contribution in [1.82, 2.24) is 21.5 Å². The molecule has 4 aliphatic rings. The summed E-state index contributed by atoms with van der Waals surface area (Å²) in [6, 6.07) is 5.52. The van der Waals surface area contributed by atoms with Crippen molar-refractivity contribution in [2.24, 2.45) is 0 Å². The van der Waals surface area contributed by atoms with E-state index < -0.39 is 221 Å². The Hall–Kier alpha value is -5.26. The number of Topliss-reactive ketones (excluding diaryl/α,β-unsaturated/α-hetero) is 2. The summed E-state index contributed by atoms with van der Waals surface area (Å²) >= 11 is 6.53. The quantitative estimate of drug-likeness (QED) is 0.00450. The molecule has 4 amide bonds. The van der Waals surface area contributed by atoms with E-state index in [4.69, 9.17) is 75.2 Å². The summed E-state index contributed by atoms with van der Waals surface area (Å²) in [6.07, 6.45) is -35.5. The summed E-state index contributed by atoms with van der Waals surface area (Å²) in [6.45, 7) is 11.7. The summed E-state index contributed by atoms with van der Waals surface area (Å²) in [4.78, 5) is 119. The molecule has 4 heterocycles. The molecule has 4 fully saturated rings. The van der Waals surface area contributed by atoms with Gasteiger partial charge in [0.1, 0.15) is 110 Å². The van der Waals surface area contributed by atoms with Crippen molar-refractivity contribution in [2.45, 2.75) is 213 Å². The van der Waals surface area contributed by atoms with Crippen LogP contribution in [0.2, 0.25) is 0 Å². The molecule has 99 heavy (non-hydrogen) atoms. The number of ketones is 2. The fourth-order valence-corrected chi connectivity index (χ4v) is 13.6. The third-order valence-corrected chi connectivity index (χ3v) is 19.0. The van der Waals surface area contributed by atoms with Gasteiger partial charge in [-0.05, 0) is 32.3 Å². The standard InChI is InChI=1S/C60H91N6O30PS2/c1-30-39(62-31(2)70)47(41(75)35(26-67)90-30)92-55-44(78)43(77)50(94-53-40(63-32(3)71)48(42(76)36(27-68)91-53)93-56-46(80)49(85-10)45(79)54(96-56)87-29-69)51(95-55)52(81)65-64-38(74)19-15-14-18-34(72)20-21-37(73)59(4,61-6)28-60(5,99-57(98)33-16-12-11-13-17-33)58(82)86-24-25-89-97(83,84)88-23-22-66(7,8)9/h11-13,16-17,29-30,35-36,39-51,53-56,67-68,75-80H,14-15,18-28H2,1-5,7-10H3,(H4-,62,63,64,65,70,71,74,81,83,84)/p+1/t30-,35?,36?,39+,40?,41+,42-,43?,44-,45+,46?,47?,48-,49+,50-,51?,53+,54?,55+,56-,59?,60?/m1/s1. The molecule has 0 spiro atoms. The number of phosphoric ester groups is 1. The predicted octanol–water partition coefficient (Wildman–Crippen LogP) is -3.65. The molecule has 36 nitrogen and oxygen atoms in total. The Morgan fingerprint density at radius 3 is 1.86 bits per heavy atom. The second kappa shape index (κ2) is 38.3. The van der Waals surface area contributed by atoms with Crippen LogP contribution in [0.25, 0.3) is 4.85 Å². The number of thiocarbonyl (C=S) groups is 1. The van der Waals surface area contributed by atoms with Crippen molar-refractivity contribution in [2.75, 3.05) is 67.8 Å². The topological polar surface area (TPSA) is 499 Å². The van der Waals surface area contributed by atoms with Gasteiger partial charge in [-0.2, -0.15) is 0 Å². The minimum absolute atomic E-state index is 0.00162. The van der Waals surface area contributed by atoms with Crippen LogP contribution in [0.4, 0.5) is 0 Å². The van der Waals surface area contributed by atoms with E-state index in [-0.39, 0.29) is 49.4 Å². The number of nitrogens with zero attached hydrogens (tertiary/aromatic N) is 2. The minimum atomic E-state index is -4.53. The summed E-state index contributed by atoms with van der Waals surface area (Å²) < 4.78 is 77.9. The number of benzene rings is 1. The van der Waals surface area contributed by atoms with Crippen molar-refractivity contribution >= 4 is 83.6 Å². The number of phosphoric acid groups is 1. The van der Waals surface area contributed by atoms with E-state index in [1.54, 1.807) is 30.3 Å². The van der Waals surface area contributed by atoms with Gasteiger partial charge in [-0.3, -0.25) is 58.3 Å². The first-order chi connectivity index (χ1) is 46.5. The molecule has 13 N–H and O–H groups in total. The van der Waals surface area contributed by atoms with Crippen LogP contribution < -0.4 is 21.5 Å². The smallest absolute Gasteiger partial charge is 0.462 e. The van der Waals surface area contributed by atoms with E-state index in [2.05, 4.69) is 26.3 Å². The van der Waals surface area contributed by atoms with Crippen LogP contribution in [0.15, 0.2) is 30.3 Å². The second-order valence-corrected chi connectivity index (χ2v) is 28.9. The lowest BCUT2D eigenvalue weighted by Crippen LogP contribution is -2.71. The highest BCUT2D eigenvalue weighted by atomic mass is 32.2. The molecule has 4 aliphatic heterocycles. The fourth-order valence-electron chi connectivity index (χ4n) is 11.0. The van der Waals surface area contributed by atoms with Gasteiger partial charge < -0.3 is 113 Å². The first-order valence-corrected chi connectivity index (χ1v) is 34.1. The van der Waals surface area contributed by atoms with Gasteiger partial charge >= 0.3 is 13.8 Å². The van der Waals surface area contributed by atoms with Crippen molar-refractivity contribution in [3.8, 4) is 0 Å². The number of quaternary nitrogens is 1. The van der Waals surface area contributed by atoms with Crippen LogP contribution in [-0.4, -0.2) is 303 Å². The number of nitrogens with one attached hydrogen (secondary N) is 4. The van der Waals surface area contributed by atoms with E-state index in [1.165, 1.54) is 20.8 Å². The number of likely N-dealkylation sites (N-methyl/N-ethyl adjacent to an activating group) is 1. The number of unbranched alkanes of at least 4 members (excludes halogenated alkanes) is 1. The maximum Gasteiger partial charge on any atom is 0.472 e. The molecule has 0 aromatic heterocycles. The Morgan fingerprint density at radius 1 is 0.707 bits per heavy atom. The van der Waals surface area contributed by atoms with Gasteiger partial charge in [-0.25, -0.2) is 11.1 Å². The predicted molar refractivity (Wildman–Crippen MR) is 342 cm³/mol. The Balaban J connectivity index is 1.28. The molecule has 1 aromatic carbocycles. The van der Waals surface area contributed by atoms with E-state index in [9.17, 15) is 88.7 Å². The number of hydrazine groups is 1. The second-order valence-electron chi connectivity index (χ2n) is 25.3. The van der Waals surface area contributed by atoms with E-state index in [1.807, 2.05) is 21.1 Å². The fraction of sp³-hybridized carbons (Fsp3) is 0.733. The lowest BCUT2D eigenvalue weighted by molar-refractivity contribution is -0.870. The van der Waals surface area contributed by atoms with Crippen LogP contribution >= 0.6 is 31.8 Å². The average Bonchev–Trinajstić information content (AvgIpc) is 0.765. The molecule has 0 bridgehead atoms.